The van der Waals surface area contributed by atoms with Gasteiger partial charge in [0.2, 0.25) is 5.91 Å². The summed E-state index contributed by atoms with van der Waals surface area (Å²) >= 11 is 3.17. The van der Waals surface area contributed by atoms with Crippen LogP contribution in [0.2, 0.25) is 0 Å². The number of hydrogen-bond donors (Lipinski definition) is 1. The number of amides is 1. The predicted octanol–water partition coefficient (Wildman–Crippen LogP) is 3.48. The molecule has 0 atom stereocenters. The standard InChI is InChI=1S/C15H12BrNO4/c1-20-15(19)11-4-2-3-5-12(11)17-14(18)9-7-10-6-8-13(16)21-10/h2-9H,1H3,(H,17,18)/b9-7+. The van der Waals surface area contributed by atoms with Gasteiger partial charge in [-0.2, -0.15) is 0 Å². The third kappa shape index (κ3) is 4.06. The molecule has 5 nitrogen and oxygen atoms in total. The van der Waals surface area contributed by atoms with Gasteiger partial charge >= 0.3 is 5.97 Å². The summed E-state index contributed by atoms with van der Waals surface area (Å²) in [5, 5.41) is 2.62. The Balaban J connectivity index is 2.09. The fraction of sp³-hybridized carbons (Fsp3) is 0.0667. The van der Waals surface area contributed by atoms with E-state index in [1.165, 1.54) is 19.3 Å². The molecule has 1 amide bonds. The molecule has 0 bridgehead atoms. The van der Waals surface area contributed by atoms with Crippen LogP contribution in [-0.2, 0) is 9.53 Å². The van der Waals surface area contributed by atoms with E-state index in [-0.39, 0.29) is 5.91 Å². The van der Waals surface area contributed by atoms with E-state index in [0.717, 1.165) is 0 Å². The number of nitrogens with one attached hydrogen (secondary N) is 1. The van der Waals surface area contributed by atoms with Gasteiger partial charge in [0.1, 0.15) is 5.76 Å². The normalized spacial score (nSPS) is 10.6. The quantitative estimate of drug-likeness (QED) is 0.677. The largest absolute Gasteiger partial charge is 0.465 e. The second-order valence-corrected chi connectivity index (χ2v) is 4.78. The van der Waals surface area contributed by atoms with E-state index >= 15 is 0 Å². The number of halogens is 1. The molecule has 1 aromatic carbocycles. The van der Waals surface area contributed by atoms with Crippen LogP contribution in [0.25, 0.3) is 6.08 Å². The van der Waals surface area contributed by atoms with Gasteiger partial charge in [-0.3, -0.25) is 4.79 Å². The van der Waals surface area contributed by atoms with Crippen molar-refractivity contribution in [3.05, 3.63) is 58.5 Å². The van der Waals surface area contributed by atoms with Crippen LogP contribution in [0.5, 0.6) is 0 Å². The summed E-state index contributed by atoms with van der Waals surface area (Å²) in [5.41, 5.74) is 0.683. The number of rotatable bonds is 4. The minimum Gasteiger partial charge on any atom is -0.465 e. The zero-order chi connectivity index (χ0) is 15.2. The summed E-state index contributed by atoms with van der Waals surface area (Å²) in [7, 11) is 1.29. The summed E-state index contributed by atoms with van der Waals surface area (Å²) in [5.74, 6) is -0.345. The Bertz CT molecular complexity index is 690. The van der Waals surface area contributed by atoms with Crippen LogP contribution in [0.1, 0.15) is 16.1 Å². The number of furan rings is 1. The maximum atomic E-state index is 11.9. The number of anilines is 1. The van der Waals surface area contributed by atoms with Crippen LogP contribution in [0.15, 0.2) is 51.6 Å². The number of para-hydroxylation sites is 1. The van der Waals surface area contributed by atoms with Crippen LogP contribution < -0.4 is 5.32 Å². The van der Waals surface area contributed by atoms with Crippen LogP contribution in [-0.4, -0.2) is 19.0 Å². The van der Waals surface area contributed by atoms with Gasteiger partial charge in [-0.15, -0.1) is 0 Å². The van der Waals surface area contributed by atoms with Crippen molar-refractivity contribution in [3.63, 3.8) is 0 Å². The first-order chi connectivity index (χ1) is 10.1. The molecular formula is C15H12BrNO4. The molecule has 2 aromatic rings. The van der Waals surface area contributed by atoms with Crippen LogP contribution in [0.3, 0.4) is 0 Å². The lowest BCUT2D eigenvalue weighted by atomic mass is 10.2. The summed E-state index contributed by atoms with van der Waals surface area (Å²) in [6.45, 7) is 0. The van der Waals surface area contributed by atoms with Crippen LogP contribution in [0, 0.1) is 0 Å². The highest BCUT2D eigenvalue weighted by Crippen LogP contribution is 2.17. The topological polar surface area (TPSA) is 68.5 Å². The smallest absolute Gasteiger partial charge is 0.339 e. The molecule has 0 radical (unpaired) electrons. The van der Waals surface area contributed by atoms with E-state index in [1.807, 2.05) is 0 Å². The number of benzene rings is 1. The maximum absolute atomic E-state index is 11.9. The van der Waals surface area contributed by atoms with Gasteiger partial charge in [-0.05, 0) is 46.3 Å². The molecule has 6 heteroatoms. The molecule has 0 aliphatic heterocycles. The molecule has 0 aliphatic rings. The SMILES string of the molecule is COC(=O)c1ccccc1NC(=O)/C=C/c1ccc(Br)o1. The van der Waals surface area contributed by atoms with Crippen molar-refractivity contribution >= 4 is 39.6 Å². The molecule has 0 saturated carbocycles. The lowest BCUT2D eigenvalue weighted by molar-refractivity contribution is -0.111. The number of hydrogen-bond acceptors (Lipinski definition) is 4. The van der Waals surface area contributed by atoms with Gasteiger partial charge in [0.15, 0.2) is 4.67 Å². The second-order valence-electron chi connectivity index (χ2n) is 4.00. The molecule has 0 unspecified atom stereocenters. The molecule has 2 rings (SSSR count). The molecule has 108 valence electrons. The average Bonchev–Trinajstić information content (AvgIpc) is 2.90. The fourth-order valence-corrected chi connectivity index (χ4v) is 1.95. The summed E-state index contributed by atoms with van der Waals surface area (Å²) in [6.07, 6.45) is 2.85. The van der Waals surface area contributed by atoms with Crippen molar-refractivity contribution in [2.24, 2.45) is 0 Å². The minimum atomic E-state index is -0.509. The molecule has 0 saturated heterocycles. The average molecular weight is 350 g/mol. The van der Waals surface area contributed by atoms with E-state index in [9.17, 15) is 9.59 Å². The summed E-state index contributed by atoms with van der Waals surface area (Å²) in [6, 6.07) is 10.1. The van der Waals surface area contributed by atoms with Gasteiger partial charge in [0, 0.05) is 6.08 Å². The van der Waals surface area contributed by atoms with Gasteiger partial charge in [-0.1, -0.05) is 12.1 Å². The Hall–Kier alpha value is -2.34. The predicted molar refractivity (Wildman–Crippen MR) is 81.9 cm³/mol. The number of carbonyl (C=O) groups excluding carboxylic acids is 2. The molecule has 0 fully saturated rings. The van der Waals surface area contributed by atoms with Crippen LogP contribution >= 0.6 is 15.9 Å². The maximum Gasteiger partial charge on any atom is 0.339 e. The lowest BCUT2D eigenvalue weighted by Gasteiger charge is -2.07. The molecule has 0 spiro atoms. The van der Waals surface area contributed by atoms with Crippen molar-refractivity contribution in [2.45, 2.75) is 0 Å². The van der Waals surface area contributed by atoms with E-state index in [4.69, 9.17) is 4.42 Å². The Kier molecular flexibility index (Phi) is 4.94. The Morgan fingerprint density at radius 2 is 2.00 bits per heavy atom. The third-order valence-electron chi connectivity index (χ3n) is 2.58. The van der Waals surface area contributed by atoms with Crippen LogP contribution in [0.4, 0.5) is 5.69 Å². The first-order valence-corrected chi connectivity index (χ1v) is 6.81. The fourth-order valence-electron chi connectivity index (χ4n) is 1.63. The zero-order valence-electron chi connectivity index (χ0n) is 11.1. The summed E-state index contributed by atoms with van der Waals surface area (Å²) in [4.78, 5) is 23.4. The molecule has 0 aliphatic carbocycles. The van der Waals surface area contributed by atoms with E-state index in [0.29, 0.717) is 21.7 Å². The molecule has 21 heavy (non-hydrogen) atoms. The van der Waals surface area contributed by atoms with Crippen molar-refractivity contribution in [1.29, 1.82) is 0 Å². The highest BCUT2D eigenvalue weighted by atomic mass is 79.9. The molecular weight excluding hydrogens is 338 g/mol. The van der Waals surface area contributed by atoms with Gasteiger partial charge in [0.25, 0.3) is 0 Å². The van der Waals surface area contributed by atoms with Crippen molar-refractivity contribution in [2.75, 3.05) is 12.4 Å². The van der Waals surface area contributed by atoms with Crippen molar-refractivity contribution in [3.8, 4) is 0 Å². The Morgan fingerprint density at radius 1 is 1.24 bits per heavy atom. The van der Waals surface area contributed by atoms with Gasteiger partial charge in [0.05, 0.1) is 18.4 Å². The van der Waals surface area contributed by atoms with E-state index < -0.39 is 5.97 Å². The number of methoxy groups -OCH3 is 1. The molecule has 1 heterocycles. The first-order valence-electron chi connectivity index (χ1n) is 6.02. The zero-order valence-corrected chi connectivity index (χ0v) is 12.7. The van der Waals surface area contributed by atoms with E-state index in [2.05, 4.69) is 26.0 Å². The highest BCUT2D eigenvalue weighted by Gasteiger charge is 2.12. The lowest BCUT2D eigenvalue weighted by Crippen LogP contribution is -2.12. The molecule has 1 aromatic heterocycles. The van der Waals surface area contributed by atoms with Crippen molar-refractivity contribution in [1.82, 2.24) is 0 Å². The minimum absolute atomic E-state index is 0.294. The Morgan fingerprint density at radius 3 is 2.67 bits per heavy atom. The van der Waals surface area contributed by atoms with E-state index in [1.54, 1.807) is 36.4 Å². The second kappa shape index (κ2) is 6.90. The van der Waals surface area contributed by atoms with Gasteiger partial charge < -0.3 is 14.5 Å². The van der Waals surface area contributed by atoms with Crippen molar-refractivity contribution < 1.29 is 18.7 Å². The molecule has 1 N–H and O–H groups in total. The number of ether oxygens (including phenoxy) is 1. The highest BCUT2D eigenvalue weighted by molar-refractivity contribution is 9.10. The summed E-state index contributed by atoms with van der Waals surface area (Å²) < 4.78 is 10.5. The number of carbonyl (C=O) groups is 2. The van der Waals surface area contributed by atoms with Gasteiger partial charge in [-0.25, -0.2) is 4.79 Å². The number of esters is 1. The first kappa shape index (κ1) is 15.1. The Labute approximate surface area is 129 Å². The monoisotopic (exact) mass is 349 g/mol. The third-order valence-corrected chi connectivity index (χ3v) is 3.01.